The van der Waals surface area contributed by atoms with Crippen molar-refractivity contribution in [1.29, 1.82) is 5.26 Å². The maximum atomic E-state index is 13.0. The van der Waals surface area contributed by atoms with Crippen molar-refractivity contribution in [2.75, 3.05) is 6.61 Å². The smallest absolute Gasteiger partial charge is 0.324 e. The Hall–Kier alpha value is -2.02. The molecule has 1 aromatic carbocycles. The summed E-state index contributed by atoms with van der Waals surface area (Å²) >= 11 is 0. The fourth-order valence-electron chi connectivity index (χ4n) is 1.18. The van der Waals surface area contributed by atoms with E-state index in [1.807, 2.05) is 0 Å². The molecule has 102 valence electrons. The van der Waals surface area contributed by atoms with Gasteiger partial charge in [0.15, 0.2) is 0 Å². The number of aliphatic hydroxyl groups is 1. The normalized spacial score (nSPS) is 12.7. The first-order valence-corrected chi connectivity index (χ1v) is 6.35. The molecule has 0 spiro atoms. The van der Waals surface area contributed by atoms with Crippen LogP contribution in [-0.4, -0.2) is 37.2 Å². The van der Waals surface area contributed by atoms with Crippen LogP contribution in [0.1, 0.15) is 5.56 Å². The van der Waals surface area contributed by atoms with Crippen molar-refractivity contribution in [3.8, 4) is 6.07 Å². The van der Waals surface area contributed by atoms with Gasteiger partial charge < -0.3 is 10.2 Å². The number of nitrogens with one attached hydrogen (secondary N) is 1. The average Bonchev–Trinajstić information content (AvgIpc) is 2.36. The van der Waals surface area contributed by atoms with Gasteiger partial charge in [-0.2, -0.15) is 9.98 Å². The molecule has 19 heavy (non-hydrogen) atoms. The van der Waals surface area contributed by atoms with Crippen LogP contribution in [0.4, 0.5) is 4.39 Å². The Labute approximate surface area is 108 Å². The first-order chi connectivity index (χ1) is 8.81. The number of aliphatic carboxylic acids is 1. The van der Waals surface area contributed by atoms with E-state index in [9.17, 15) is 17.6 Å². The van der Waals surface area contributed by atoms with Crippen molar-refractivity contribution in [3.63, 3.8) is 0 Å². The number of hydrogen-bond acceptors (Lipinski definition) is 5. The van der Waals surface area contributed by atoms with E-state index in [1.54, 1.807) is 4.72 Å². The van der Waals surface area contributed by atoms with Gasteiger partial charge in [-0.1, -0.05) is 0 Å². The number of carbonyl (C=O) groups is 1. The number of benzene rings is 1. The average molecular weight is 288 g/mol. The highest BCUT2D eigenvalue weighted by Gasteiger charge is 2.25. The number of hydrogen-bond donors (Lipinski definition) is 3. The third kappa shape index (κ3) is 3.47. The summed E-state index contributed by atoms with van der Waals surface area (Å²) in [4.78, 5) is 10.2. The minimum atomic E-state index is -4.27. The SMILES string of the molecule is N#Cc1cc(S(=O)(=O)N[C@@H](CO)C(=O)O)ccc1F. The number of nitriles is 1. The van der Waals surface area contributed by atoms with Crippen molar-refractivity contribution in [2.45, 2.75) is 10.9 Å². The largest absolute Gasteiger partial charge is 0.480 e. The molecular weight excluding hydrogens is 279 g/mol. The zero-order chi connectivity index (χ0) is 14.6. The molecule has 1 aromatic rings. The predicted octanol–water partition coefficient (Wildman–Crippen LogP) is -0.579. The number of sulfonamides is 1. The number of carboxylic acids is 1. The summed E-state index contributed by atoms with van der Waals surface area (Å²) in [5.74, 6) is -2.45. The summed E-state index contributed by atoms with van der Waals surface area (Å²) in [7, 11) is -4.27. The molecule has 9 heteroatoms. The van der Waals surface area contributed by atoms with Gasteiger partial charge in [-0.05, 0) is 18.2 Å². The third-order valence-electron chi connectivity index (χ3n) is 2.15. The van der Waals surface area contributed by atoms with Gasteiger partial charge in [0.2, 0.25) is 10.0 Å². The zero-order valence-electron chi connectivity index (χ0n) is 9.37. The molecule has 0 heterocycles. The molecule has 7 nitrogen and oxygen atoms in total. The van der Waals surface area contributed by atoms with Crippen LogP contribution in [-0.2, 0) is 14.8 Å². The maximum absolute atomic E-state index is 13.0. The molecule has 0 fully saturated rings. The van der Waals surface area contributed by atoms with Crippen LogP contribution in [0.15, 0.2) is 23.1 Å². The molecule has 0 aliphatic heterocycles. The van der Waals surface area contributed by atoms with Gasteiger partial charge in [0, 0.05) is 0 Å². The molecule has 3 N–H and O–H groups in total. The van der Waals surface area contributed by atoms with E-state index in [0.29, 0.717) is 0 Å². The number of halogens is 1. The molecule has 0 aromatic heterocycles. The van der Waals surface area contributed by atoms with Gasteiger partial charge in [0.1, 0.15) is 17.9 Å². The van der Waals surface area contributed by atoms with Crippen LogP contribution < -0.4 is 4.72 Å². The molecule has 0 radical (unpaired) electrons. The standard InChI is InChI=1S/C10H9FN2O5S/c11-8-2-1-7(3-6(8)4-12)19(17,18)13-9(5-14)10(15)16/h1-3,9,13-14H,5H2,(H,15,16)/t9-/m0/s1. The van der Waals surface area contributed by atoms with Gasteiger partial charge in [0.25, 0.3) is 0 Å². The number of nitrogens with zero attached hydrogens (tertiary/aromatic N) is 1. The monoisotopic (exact) mass is 288 g/mol. The quantitative estimate of drug-likeness (QED) is 0.665. The van der Waals surface area contributed by atoms with E-state index in [-0.39, 0.29) is 0 Å². The van der Waals surface area contributed by atoms with Crippen LogP contribution in [0.5, 0.6) is 0 Å². The van der Waals surface area contributed by atoms with Crippen LogP contribution in [0.3, 0.4) is 0 Å². The van der Waals surface area contributed by atoms with E-state index in [0.717, 1.165) is 18.2 Å². The number of rotatable bonds is 5. The minimum Gasteiger partial charge on any atom is -0.480 e. The highest BCUT2D eigenvalue weighted by atomic mass is 32.2. The lowest BCUT2D eigenvalue weighted by Crippen LogP contribution is -2.43. The lowest BCUT2D eigenvalue weighted by Gasteiger charge is -2.12. The van der Waals surface area contributed by atoms with Gasteiger partial charge in [0.05, 0.1) is 17.1 Å². The van der Waals surface area contributed by atoms with Crippen molar-refractivity contribution in [1.82, 2.24) is 4.72 Å². The molecule has 0 saturated carbocycles. The number of carboxylic acid groups (broad SMARTS) is 1. The van der Waals surface area contributed by atoms with Gasteiger partial charge >= 0.3 is 5.97 Å². The third-order valence-corrected chi connectivity index (χ3v) is 3.62. The van der Waals surface area contributed by atoms with Crippen molar-refractivity contribution in [3.05, 3.63) is 29.6 Å². The Kier molecular flexibility index (Phi) is 4.55. The molecule has 1 rings (SSSR count). The highest BCUT2D eigenvalue weighted by Crippen LogP contribution is 2.14. The second-order valence-electron chi connectivity index (χ2n) is 3.45. The molecule has 0 aliphatic carbocycles. The van der Waals surface area contributed by atoms with Crippen molar-refractivity contribution < 1.29 is 27.8 Å². The molecule has 1 atom stereocenters. The van der Waals surface area contributed by atoms with E-state index in [4.69, 9.17) is 15.5 Å². The Morgan fingerprint density at radius 2 is 2.16 bits per heavy atom. The van der Waals surface area contributed by atoms with Crippen LogP contribution >= 0.6 is 0 Å². The summed E-state index contributed by atoms with van der Waals surface area (Å²) in [6.45, 7) is -0.944. The summed E-state index contributed by atoms with van der Waals surface area (Å²) in [5, 5.41) is 25.9. The van der Waals surface area contributed by atoms with Gasteiger partial charge in [-0.25, -0.2) is 12.8 Å². The van der Waals surface area contributed by atoms with Crippen LogP contribution in [0, 0.1) is 17.1 Å². The van der Waals surface area contributed by atoms with Crippen molar-refractivity contribution >= 4 is 16.0 Å². The van der Waals surface area contributed by atoms with Crippen molar-refractivity contribution in [2.24, 2.45) is 0 Å². The maximum Gasteiger partial charge on any atom is 0.324 e. The zero-order valence-corrected chi connectivity index (χ0v) is 10.2. The van der Waals surface area contributed by atoms with Gasteiger partial charge in [-0.3, -0.25) is 4.79 Å². The fourth-order valence-corrected chi connectivity index (χ4v) is 2.38. The second-order valence-corrected chi connectivity index (χ2v) is 5.16. The molecule has 0 bridgehead atoms. The lowest BCUT2D eigenvalue weighted by atomic mass is 10.2. The van der Waals surface area contributed by atoms with Crippen LogP contribution in [0.25, 0.3) is 0 Å². The summed E-state index contributed by atoms with van der Waals surface area (Å²) in [6, 6.07) is 2.18. The molecular formula is C10H9FN2O5S. The fraction of sp³-hybridized carbons (Fsp3) is 0.200. The molecule has 0 amide bonds. The Balaban J connectivity index is 3.14. The number of aliphatic hydroxyl groups excluding tert-OH is 1. The summed E-state index contributed by atoms with van der Waals surface area (Å²) in [6.07, 6.45) is 0. The van der Waals surface area contributed by atoms with E-state index >= 15 is 0 Å². The molecule has 0 unspecified atom stereocenters. The Morgan fingerprint density at radius 3 is 2.63 bits per heavy atom. The Morgan fingerprint density at radius 1 is 1.53 bits per heavy atom. The highest BCUT2D eigenvalue weighted by molar-refractivity contribution is 7.89. The summed E-state index contributed by atoms with van der Waals surface area (Å²) < 4.78 is 38.3. The Bertz CT molecular complexity index is 638. The second kappa shape index (κ2) is 5.75. The van der Waals surface area contributed by atoms with E-state index in [2.05, 4.69) is 0 Å². The summed E-state index contributed by atoms with van der Waals surface area (Å²) in [5.41, 5.74) is -0.487. The molecule has 0 saturated heterocycles. The van der Waals surface area contributed by atoms with E-state index < -0.39 is 44.9 Å². The predicted molar refractivity (Wildman–Crippen MR) is 59.9 cm³/mol. The van der Waals surface area contributed by atoms with Crippen LogP contribution in [0.2, 0.25) is 0 Å². The minimum absolute atomic E-state index is 0.467. The first-order valence-electron chi connectivity index (χ1n) is 4.87. The topological polar surface area (TPSA) is 127 Å². The van der Waals surface area contributed by atoms with Gasteiger partial charge in [-0.15, -0.1) is 0 Å². The first kappa shape index (κ1) is 15.0. The van der Waals surface area contributed by atoms with E-state index in [1.165, 1.54) is 6.07 Å². The molecule has 0 aliphatic rings. The lowest BCUT2D eigenvalue weighted by molar-refractivity contribution is -0.139.